The number of nitrogens with zero attached hydrogens (tertiary/aromatic N) is 3. The highest BCUT2D eigenvalue weighted by molar-refractivity contribution is 5.94. The van der Waals surface area contributed by atoms with Crippen LogP contribution < -0.4 is 15.0 Å². The molecule has 0 spiro atoms. The van der Waals surface area contributed by atoms with Gasteiger partial charge in [-0.15, -0.1) is 0 Å². The summed E-state index contributed by atoms with van der Waals surface area (Å²) >= 11 is 0. The lowest BCUT2D eigenvalue weighted by atomic mass is 10.1. The molecule has 6 heteroatoms. The number of azo groups is 1. The molecule has 0 aromatic heterocycles. The van der Waals surface area contributed by atoms with E-state index in [1.165, 1.54) is 5.57 Å². The number of carbonyl (C=O) groups excluding carboxylic acids is 1. The van der Waals surface area contributed by atoms with Gasteiger partial charge < -0.3 is 15.0 Å². The normalized spacial score (nSPS) is 10.7. The maximum Gasteiger partial charge on any atom is 0.251 e. The van der Waals surface area contributed by atoms with Crippen LogP contribution in [0.15, 0.2) is 94.7 Å². The largest absolute Gasteiger partial charge is 0.490 e. The lowest BCUT2D eigenvalue weighted by molar-refractivity contribution is 0.0954. The Bertz CT molecular complexity index is 1110. The molecule has 3 aromatic carbocycles. The van der Waals surface area contributed by atoms with Gasteiger partial charge in [-0.3, -0.25) is 4.79 Å². The van der Waals surface area contributed by atoms with E-state index in [1.807, 2.05) is 87.4 Å². The van der Waals surface area contributed by atoms with E-state index in [4.69, 9.17) is 4.74 Å². The SMILES string of the molecule is CC(C)=CCOc1ccc(CCNC(=O)c2ccc(/N=N/c3ccc(N(C)C)cc3)cc2)cc1. The van der Waals surface area contributed by atoms with Gasteiger partial charge >= 0.3 is 0 Å². The first-order valence-corrected chi connectivity index (χ1v) is 11.3. The molecule has 0 aliphatic carbocycles. The maximum absolute atomic E-state index is 12.4. The summed E-state index contributed by atoms with van der Waals surface area (Å²) in [6, 6.07) is 22.9. The van der Waals surface area contributed by atoms with Gasteiger partial charge in [0.25, 0.3) is 5.91 Å². The fourth-order valence-corrected chi connectivity index (χ4v) is 3.09. The quantitative estimate of drug-likeness (QED) is 0.280. The van der Waals surface area contributed by atoms with Crippen LogP contribution in [0.2, 0.25) is 0 Å². The lowest BCUT2D eigenvalue weighted by Crippen LogP contribution is -2.25. The van der Waals surface area contributed by atoms with Crippen molar-refractivity contribution in [3.63, 3.8) is 0 Å². The fourth-order valence-electron chi connectivity index (χ4n) is 3.09. The van der Waals surface area contributed by atoms with E-state index in [9.17, 15) is 4.79 Å². The molecule has 3 aromatic rings. The molecule has 0 saturated carbocycles. The summed E-state index contributed by atoms with van der Waals surface area (Å²) in [6.07, 6.45) is 2.79. The molecular weight excluding hydrogens is 424 g/mol. The number of hydrogen-bond donors (Lipinski definition) is 1. The molecule has 6 nitrogen and oxygen atoms in total. The van der Waals surface area contributed by atoms with Crippen molar-refractivity contribution < 1.29 is 9.53 Å². The Morgan fingerprint density at radius 3 is 2.03 bits per heavy atom. The van der Waals surface area contributed by atoms with Crippen LogP contribution in [-0.4, -0.2) is 33.2 Å². The van der Waals surface area contributed by atoms with Crippen LogP contribution in [0.5, 0.6) is 5.75 Å². The van der Waals surface area contributed by atoms with Gasteiger partial charge in [-0.2, -0.15) is 10.2 Å². The van der Waals surface area contributed by atoms with Gasteiger partial charge in [0.1, 0.15) is 12.4 Å². The molecule has 0 heterocycles. The number of benzene rings is 3. The molecule has 0 radical (unpaired) electrons. The Labute approximate surface area is 202 Å². The molecule has 0 aliphatic rings. The van der Waals surface area contributed by atoms with Crippen molar-refractivity contribution in [2.45, 2.75) is 20.3 Å². The molecule has 0 atom stereocenters. The number of carbonyl (C=O) groups is 1. The van der Waals surface area contributed by atoms with E-state index < -0.39 is 0 Å². The summed E-state index contributed by atoms with van der Waals surface area (Å²) in [6.45, 7) is 5.23. The number of hydrogen-bond acceptors (Lipinski definition) is 5. The minimum Gasteiger partial charge on any atom is -0.490 e. The molecule has 0 bridgehead atoms. The van der Waals surface area contributed by atoms with Gasteiger partial charge in [0.2, 0.25) is 0 Å². The van der Waals surface area contributed by atoms with Gasteiger partial charge in [-0.1, -0.05) is 17.7 Å². The van der Waals surface area contributed by atoms with Crippen molar-refractivity contribution in [1.29, 1.82) is 0 Å². The lowest BCUT2D eigenvalue weighted by Gasteiger charge is -2.11. The first-order chi connectivity index (χ1) is 16.4. The maximum atomic E-state index is 12.4. The second kappa shape index (κ2) is 12.3. The summed E-state index contributed by atoms with van der Waals surface area (Å²) in [7, 11) is 3.99. The number of rotatable bonds is 10. The smallest absolute Gasteiger partial charge is 0.251 e. The average Bonchev–Trinajstić information content (AvgIpc) is 2.84. The third-order valence-corrected chi connectivity index (χ3v) is 5.14. The van der Waals surface area contributed by atoms with Crippen molar-refractivity contribution >= 4 is 23.0 Å². The third kappa shape index (κ3) is 7.89. The Hall–Kier alpha value is -3.93. The summed E-state index contributed by atoms with van der Waals surface area (Å²) < 4.78 is 5.68. The van der Waals surface area contributed by atoms with Gasteiger partial charge in [-0.05, 0) is 92.6 Å². The van der Waals surface area contributed by atoms with Crippen LogP contribution >= 0.6 is 0 Å². The predicted octanol–water partition coefficient (Wildman–Crippen LogP) is 6.49. The molecule has 34 heavy (non-hydrogen) atoms. The van der Waals surface area contributed by atoms with E-state index in [0.29, 0.717) is 24.4 Å². The van der Waals surface area contributed by atoms with Crippen molar-refractivity contribution in [2.24, 2.45) is 10.2 Å². The van der Waals surface area contributed by atoms with Crippen LogP contribution in [0.1, 0.15) is 29.8 Å². The topological polar surface area (TPSA) is 66.3 Å². The van der Waals surface area contributed by atoms with Gasteiger partial charge in [0.05, 0.1) is 11.4 Å². The van der Waals surface area contributed by atoms with Crippen LogP contribution in [-0.2, 0) is 6.42 Å². The molecule has 176 valence electrons. The fraction of sp³-hybridized carbons (Fsp3) is 0.250. The summed E-state index contributed by atoms with van der Waals surface area (Å²) in [5.74, 6) is 0.734. The highest BCUT2D eigenvalue weighted by Crippen LogP contribution is 2.21. The van der Waals surface area contributed by atoms with Crippen molar-refractivity contribution in [3.05, 3.63) is 95.6 Å². The highest BCUT2D eigenvalue weighted by atomic mass is 16.5. The van der Waals surface area contributed by atoms with Crippen LogP contribution in [0, 0.1) is 0 Å². The number of allylic oxidation sites excluding steroid dienone is 1. The van der Waals surface area contributed by atoms with E-state index in [1.54, 1.807) is 24.3 Å². The molecule has 1 N–H and O–H groups in total. The Morgan fingerprint density at radius 1 is 0.882 bits per heavy atom. The zero-order valence-electron chi connectivity index (χ0n) is 20.3. The minimum atomic E-state index is -0.107. The molecule has 3 rings (SSSR count). The van der Waals surface area contributed by atoms with Gasteiger partial charge in [0, 0.05) is 31.9 Å². The predicted molar refractivity (Wildman–Crippen MR) is 139 cm³/mol. The van der Waals surface area contributed by atoms with E-state index in [0.717, 1.165) is 29.1 Å². The van der Waals surface area contributed by atoms with Crippen LogP contribution in [0.4, 0.5) is 17.1 Å². The van der Waals surface area contributed by atoms with E-state index in [2.05, 4.69) is 15.5 Å². The second-order valence-corrected chi connectivity index (χ2v) is 8.40. The first kappa shape index (κ1) is 24.7. The number of anilines is 1. The Morgan fingerprint density at radius 2 is 1.47 bits per heavy atom. The third-order valence-electron chi connectivity index (χ3n) is 5.14. The monoisotopic (exact) mass is 456 g/mol. The van der Waals surface area contributed by atoms with Crippen molar-refractivity contribution in [1.82, 2.24) is 5.32 Å². The molecule has 0 aliphatic heterocycles. The number of amides is 1. The molecule has 0 unspecified atom stereocenters. The van der Waals surface area contributed by atoms with Crippen LogP contribution in [0.25, 0.3) is 0 Å². The molecule has 1 amide bonds. The Kier molecular flexibility index (Phi) is 8.97. The summed E-state index contributed by atoms with van der Waals surface area (Å²) in [5.41, 5.74) is 5.55. The first-order valence-electron chi connectivity index (χ1n) is 11.3. The van der Waals surface area contributed by atoms with Gasteiger partial charge in [-0.25, -0.2) is 0 Å². The zero-order chi connectivity index (χ0) is 24.3. The second-order valence-electron chi connectivity index (χ2n) is 8.40. The summed E-state index contributed by atoms with van der Waals surface area (Å²) in [4.78, 5) is 14.5. The average molecular weight is 457 g/mol. The Balaban J connectivity index is 1.45. The minimum absolute atomic E-state index is 0.107. The highest BCUT2D eigenvalue weighted by Gasteiger charge is 2.05. The molecule has 0 saturated heterocycles. The molecule has 0 fully saturated rings. The number of ether oxygens (including phenoxy) is 1. The molecular formula is C28H32N4O2. The van der Waals surface area contributed by atoms with E-state index in [-0.39, 0.29) is 5.91 Å². The standard InChI is InChI=1S/C28H32N4O2/c1-21(2)18-20-34-27-15-5-22(6-16-27)17-19-29-28(33)23-7-9-24(10-8-23)30-31-25-11-13-26(14-12-25)32(3)4/h5-16,18H,17,19-20H2,1-4H3,(H,29,33)/b31-30+. The van der Waals surface area contributed by atoms with Crippen molar-refractivity contribution in [3.8, 4) is 5.75 Å². The van der Waals surface area contributed by atoms with E-state index >= 15 is 0 Å². The van der Waals surface area contributed by atoms with Crippen molar-refractivity contribution in [2.75, 3.05) is 32.1 Å². The van der Waals surface area contributed by atoms with Crippen LogP contribution in [0.3, 0.4) is 0 Å². The number of nitrogens with one attached hydrogen (secondary N) is 1. The zero-order valence-corrected chi connectivity index (χ0v) is 20.3. The summed E-state index contributed by atoms with van der Waals surface area (Å²) in [5, 5.41) is 11.5. The van der Waals surface area contributed by atoms with Gasteiger partial charge in [0.15, 0.2) is 0 Å².